The third-order valence-electron chi connectivity index (χ3n) is 1.79. The molecule has 0 spiro atoms. The molecule has 6 heteroatoms. The lowest BCUT2D eigenvalue weighted by molar-refractivity contribution is -0.136. The quantitative estimate of drug-likeness (QED) is 0.520. The minimum atomic E-state index is -0.914. The van der Waals surface area contributed by atoms with Gasteiger partial charge in [-0.2, -0.15) is 0 Å². The first-order valence-corrected chi connectivity index (χ1v) is 5.22. The van der Waals surface area contributed by atoms with E-state index in [1.54, 1.807) is 7.11 Å². The van der Waals surface area contributed by atoms with Gasteiger partial charge in [-0.3, -0.25) is 9.59 Å². The van der Waals surface area contributed by atoms with Gasteiger partial charge in [-0.1, -0.05) is 0 Å². The normalized spacial score (nSPS) is 10.1. The van der Waals surface area contributed by atoms with E-state index in [0.717, 1.165) is 0 Å². The van der Waals surface area contributed by atoms with E-state index in [1.807, 2.05) is 0 Å². The molecule has 0 aromatic rings. The second kappa shape index (κ2) is 10.4. The van der Waals surface area contributed by atoms with Crippen LogP contribution in [0.15, 0.2) is 0 Å². The van der Waals surface area contributed by atoms with Gasteiger partial charge in [-0.25, -0.2) is 0 Å². The summed E-state index contributed by atoms with van der Waals surface area (Å²) in [5, 5.41) is 10.9. The van der Waals surface area contributed by atoms with Crippen molar-refractivity contribution >= 4 is 11.9 Å². The van der Waals surface area contributed by atoms with Crippen molar-refractivity contribution in [2.45, 2.75) is 19.3 Å². The van der Waals surface area contributed by atoms with E-state index in [0.29, 0.717) is 32.7 Å². The lowest BCUT2D eigenvalue weighted by atomic mass is 10.3. The molecule has 0 saturated carbocycles. The Labute approximate surface area is 94.9 Å². The number of methoxy groups -OCH3 is 1. The number of aliphatic carboxylic acids is 1. The molecule has 0 fully saturated rings. The first-order valence-electron chi connectivity index (χ1n) is 5.22. The highest BCUT2D eigenvalue weighted by molar-refractivity contribution is 5.76. The summed E-state index contributed by atoms with van der Waals surface area (Å²) in [6.45, 7) is 1.76. The molecule has 0 aliphatic rings. The Hall–Kier alpha value is -1.14. The molecular formula is C10H19NO5. The van der Waals surface area contributed by atoms with Crippen molar-refractivity contribution in [3.05, 3.63) is 0 Å². The number of nitrogens with one attached hydrogen (secondary N) is 1. The van der Waals surface area contributed by atoms with Crippen LogP contribution in [0.2, 0.25) is 0 Å². The second-order valence-electron chi connectivity index (χ2n) is 3.20. The Kier molecular flexibility index (Phi) is 9.64. The summed E-state index contributed by atoms with van der Waals surface area (Å²) >= 11 is 0. The monoisotopic (exact) mass is 233 g/mol. The summed E-state index contributed by atoms with van der Waals surface area (Å²) in [6, 6.07) is 0. The molecule has 0 aromatic carbocycles. The number of rotatable bonds is 10. The number of hydrogen-bond acceptors (Lipinski definition) is 4. The molecule has 0 aliphatic carbocycles. The van der Waals surface area contributed by atoms with Gasteiger partial charge in [0.1, 0.15) is 0 Å². The van der Waals surface area contributed by atoms with Gasteiger partial charge in [0, 0.05) is 26.7 Å². The zero-order valence-corrected chi connectivity index (χ0v) is 9.53. The van der Waals surface area contributed by atoms with Crippen molar-refractivity contribution in [3.63, 3.8) is 0 Å². The van der Waals surface area contributed by atoms with Crippen molar-refractivity contribution in [2.75, 3.05) is 33.5 Å². The van der Waals surface area contributed by atoms with Crippen molar-refractivity contribution in [2.24, 2.45) is 0 Å². The van der Waals surface area contributed by atoms with Crippen LogP contribution in [0, 0.1) is 0 Å². The minimum Gasteiger partial charge on any atom is -0.481 e. The third kappa shape index (κ3) is 10.9. The fraction of sp³-hybridized carbons (Fsp3) is 0.800. The topological polar surface area (TPSA) is 84.9 Å². The van der Waals surface area contributed by atoms with Crippen molar-refractivity contribution in [1.29, 1.82) is 0 Å². The zero-order valence-electron chi connectivity index (χ0n) is 9.53. The highest BCUT2D eigenvalue weighted by atomic mass is 16.5. The van der Waals surface area contributed by atoms with Crippen LogP contribution >= 0.6 is 0 Å². The van der Waals surface area contributed by atoms with Crippen LogP contribution in [0.25, 0.3) is 0 Å². The van der Waals surface area contributed by atoms with Gasteiger partial charge in [0.2, 0.25) is 5.91 Å². The Morgan fingerprint density at radius 1 is 1.19 bits per heavy atom. The molecule has 0 aromatic heterocycles. The van der Waals surface area contributed by atoms with Crippen LogP contribution < -0.4 is 5.32 Å². The van der Waals surface area contributed by atoms with Gasteiger partial charge in [0.25, 0.3) is 0 Å². The number of amides is 1. The van der Waals surface area contributed by atoms with Gasteiger partial charge in [-0.05, 0) is 6.42 Å². The summed E-state index contributed by atoms with van der Waals surface area (Å²) in [6.07, 6.45) is 0.936. The highest BCUT2D eigenvalue weighted by Crippen LogP contribution is 1.90. The Balaban J connectivity index is 3.20. The molecule has 0 unspecified atom stereocenters. The smallest absolute Gasteiger partial charge is 0.305 e. The molecule has 0 bridgehead atoms. The van der Waals surface area contributed by atoms with Gasteiger partial charge < -0.3 is 19.9 Å². The maximum absolute atomic E-state index is 11.1. The number of carbonyl (C=O) groups is 2. The fourth-order valence-electron chi connectivity index (χ4n) is 0.976. The van der Waals surface area contributed by atoms with Crippen molar-refractivity contribution in [3.8, 4) is 0 Å². The third-order valence-corrected chi connectivity index (χ3v) is 1.79. The second-order valence-corrected chi connectivity index (χ2v) is 3.20. The van der Waals surface area contributed by atoms with E-state index < -0.39 is 5.97 Å². The van der Waals surface area contributed by atoms with E-state index in [9.17, 15) is 9.59 Å². The summed E-state index contributed by atoms with van der Waals surface area (Å²) in [5.41, 5.74) is 0. The fourth-order valence-corrected chi connectivity index (χ4v) is 0.976. The molecule has 0 radical (unpaired) electrons. The maximum Gasteiger partial charge on any atom is 0.305 e. The Morgan fingerprint density at radius 3 is 2.56 bits per heavy atom. The van der Waals surface area contributed by atoms with Gasteiger partial charge in [-0.15, -0.1) is 0 Å². The lowest BCUT2D eigenvalue weighted by Crippen LogP contribution is -2.26. The minimum absolute atomic E-state index is 0.0456. The van der Waals surface area contributed by atoms with E-state index in [-0.39, 0.29) is 18.9 Å². The molecule has 6 nitrogen and oxygen atoms in total. The largest absolute Gasteiger partial charge is 0.481 e. The lowest BCUT2D eigenvalue weighted by Gasteiger charge is -2.04. The van der Waals surface area contributed by atoms with Crippen LogP contribution in [0.3, 0.4) is 0 Å². The summed E-state index contributed by atoms with van der Waals surface area (Å²) in [7, 11) is 1.60. The van der Waals surface area contributed by atoms with E-state index in [2.05, 4.69) is 5.32 Å². The number of hydrogen-bond donors (Lipinski definition) is 2. The Morgan fingerprint density at radius 2 is 1.94 bits per heavy atom. The molecule has 1 amide bonds. The van der Waals surface area contributed by atoms with Crippen LogP contribution in [0.5, 0.6) is 0 Å². The van der Waals surface area contributed by atoms with Crippen molar-refractivity contribution in [1.82, 2.24) is 5.32 Å². The number of carbonyl (C=O) groups excluding carboxylic acids is 1. The molecule has 0 heterocycles. The van der Waals surface area contributed by atoms with Gasteiger partial charge >= 0.3 is 5.97 Å². The number of carboxylic acids is 1. The summed E-state index contributed by atoms with van der Waals surface area (Å²) in [5.74, 6) is -1.06. The highest BCUT2D eigenvalue weighted by Gasteiger charge is 2.02. The molecule has 0 saturated heterocycles. The first kappa shape index (κ1) is 14.9. The predicted molar refractivity (Wildman–Crippen MR) is 57.2 cm³/mol. The molecule has 0 rings (SSSR count). The van der Waals surface area contributed by atoms with E-state index >= 15 is 0 Å². The zero-order chi connectivity index (χ0) is 12.2. The van der Waals surface area contributed by atoms with E-state index in [4.69, 9.17) is 14.6 Å². The molecule has 0 aliphatic heterocycles. The average molecular weight is 233 g/mol. The van der Waals surface area contributed by atoms with Crippen molar-refractivity contribution < 1.29 is 24.2 Å². The standard InChI is InChI=1S/C10H19NO5/c1-15-7-8-16-6-2-3-9(12)11-5-4-10(13)14/h2-8H2,1H3,(H,11,12)(H,13,14). The SMILES string of the molecule is COCCOCCCC(=O)NCCC(=O)O. The molecular weight excluding hydrogens is 214 g/mol. The predicted octanol–water partition coefficient (Wildman–Crippen LogP) is 0.0205. The van der Waals surface area contributed by atoms with Gasteiger partial charge in [0.05, 0.1) is 19.6 Å². The van der Waals surface area contributed by atoms with Crippen LogP contribution in [-0.2, 0) is 19.1 Å². The van der Waals surface area contributed by atoms with Crippen LogP contribution in [0.1, 0.15) is 19.3 Å². The van der Waals surface area contributed by atoms with Crippen LogP contribution in [0.4, 0.5) is 0 Å². The maximum atomic E-state index is 11.1. The first-order chi connectivity index (χ1) is 7.66. The number of ether oxygens (including phenoxy) is 2. The molecule has 94 valence electrons. The molecule has 2 N–H and O–H groups in total. The number of carboxylic acid groups (broad SMARTS) is 1. The van der Waals surface area contributed by atoms with Gasteiger partial charge in [0.15, 0.2) is 0 Å². The Bertz CT molecular complexity index is 207. The van der Waals surface area contributed by atoms with Crippen LogP contribution in [-0.4, -0.2) is 50.5 Å². The van der Waals surface area contributed by atoms with E-state index in [1.165, 1.54) is 0 Å². The average Bonchev–Trinajstić information content (AvgIpc) is 2.22. The molecule has 16 heavy (non-hydrogen) atoms. The molecule has 0 atom stereocenters. The summed E-state index contributed by atoms with van der Waals surface area (Å²) < 4.78 is 9.95. The summed E-state index contributed by atoms with van der Waals surface area (Å²) in [4.78, 5) is 21.3.